The first-order valence-electron chi connectivity index (χ1n) is 8.14. The molecule has 1 aromatic carbocycles. The number of rotatable bonds is 7. The van der Waals surface area contributed by atoms with E-state index >= 15 is 0 Å². The summed E-state index contributed by atoms with van der Waals surface area (Å²) in [5.74, 6) is 0. The number of ether oxygens (including phenoxy) is 1. The molecule has 1 heterocycles. The van der Waals surface area contributed by atoms with Crippen LogP contribution in [0.15, 0.2) is 24.3 Å². The summed E-state index contributed by atoms with van der Waals surface area (Å²) < 4.78 is 7.04. The van der Waals surface area contributed by atoms with Crippen LogP contribution in [0.4, 0.5) is 5.69 Å². The van der Waals surface area contributed by atoms with Gasteiger partial charge in [-0.1, -0.05) is 29.8 Å². The van der Waals surface area contributed by atoms with E-state index in [0.29, 0.717) is 5.11 Å². The van der Waals surface area contributed by atoms with Gasteiger partial charge in [0.1, 0.15) is 0 Å². The number of hydrogen-bond donors (Lipinski definition) is 2. The van der Waals surface area contributed by atoms with Gasteiger partial charge < -0.3 is 15.4 Å². The molecule has 0 aliphatic rings. The monoisotopic (exact) mass is 346 g/mol. The van der Waals surface area contributed by atoms with Gasteiger partial charge in [-0.15, -0.1) is 0 Å². The summed E-state index contributed by atoms with van der Waals surface area (Å²) in [7, 11) is 1.70. The van der Waals surface area contributed by atoms with Crippen LogP contribution in [0, 0.1) is 20.8 Å². The van der Waals surface area contributed by atoms with Crippen LogP contribution in [-0.2, 0) is 11.3 Å². The van der Waals surface area contributed by atoms with Gasteiger partial charge in [0.2, 0.25) is 0 Å². The maximum Gasteiger partial charge on any atom is 0.170 e. The molecule has 0 fully saturated rings. The molecule has 5 nitrogen and oxygen atoms in total. The second-order valence-electron chi connectivity index (χ2n) is 5.92. The average Bonchev–Trinajstić information content (AvgIpc) is 2.81. The van der Waals surface area contributed by atoms with E-state index in [1.54, 1.807) is 7.11 Å². The standard InChI is InChI=1S/C18H26N4OS/c1-13-6-8-16(9-7-13)12-22-15(3)17(14(2)21-22)20-18(24)19-10-5-11-23-4/h6-9H,5,10-12H2,1-4H3,(H2,19,20,24). The van der Waals surface area contributed by atoms with Crippen LogP contribution in [0.3, 0.4) is 0 Å². The van der Waals surface area contributed by atoms with E-state index in [2.05, 4.69) is 53.8 Å². The lowest BCUT2D eigenvalue weighted by Crippen LogP contribution is -2.30. The highest BCUT2D eigenvalue weighted by Crippen LogP contribution is 2.20. The number of hydrogen-bond acceptors (Lipinski definition) is 3. The summed E-state index contributed by atoms with van der Waals surface area (Å²) in [5.41, 5.74) is 5.50. The molecule has 0 atom stereocenters. The van der Waals surface area contributed by atoms with Gasteiger partial charge in [-0.3, -0.25) is 4.68 Å². The number of nitrogens with zero attached hydrogens (tertiary/aromatic N) is 2. The average molecular weight is 347 g/mol. The van der Waals surface area contributed by atoms with Gasteiger partial charge in [0.15, 0.2) is 5.11 Å². The molecule has 0 aliphatic carbocycles. The zero-order chi connectivity index (χ0) is 17.5. The fourth-order valence-corrected chi connectivity index (χ4v) is 2.68. The molecular weight excluding hydrogens is 320 g/mol. The third-order valence-electron chi connectivity index (χ3n) is 3.88. The predicted molar refractivity (Wildman–Crippen MR) is 103 cm³/mol. The van der Waals surface area contributed by atoms with Crippen molar-refractivity contribution in [3.05, 3.63) is 46.8 Å². The van der Waals surface area contributed by atoms with E-state index in [0.717, 1.165) is 43.2 Å². The van der Waals surface area contributed by atoms with Crippen LogP contribution in [0.25, 0.3) is 0 Å². The summed E-state index contributed by atoms with van der Waals surface area (Å²) in [6.45, 7) is 8.41. The minimum atomic E-state index is 0.618. The van der Waals surface area contributed by atoms with E-state index in [9.17, 15) is 0 Å². The lowest BCUT2D eigenvalue weighted by molar-refractivity contribution is 0.196. The molecule has 0 amide bonds. The Labute approximate surface area is 149 Å². The molecule has 130 valence electrons. The molecule has 0 saturated heterocycles. The van der Waals surface area contributed by atoms with Gasteiger partial charge in [-0.05, 0) is 45.0 Å². The van der Waals surface area contributed by atoms with Crippen molar-refractivity contribution < 1.29 is 4.74 Å². The Kier molecular flexibility index (Phi) is 6.75. The van der Waals surface area contributed by atoms with Gasteiger partial charge in [0.25, 0.3) is 0 Å². The Bertz CT molecular complexity index is 679. The van der Waals surface area contributed by atoms with Crippen molar-refractivity contribution in [1.29, 1.82) is 0 Å². The Morgan fingerprint density at radius 1 is 1.21 bits per heavy atom. The Morgan fingerprint density at radius 3 is 2.58 bits per heavy atom. The smallest absolute Gasteiger partial charge is 0.170 e. The molecule has 0 bridgehead atoms. The van der Waals surface area contributed by atoms with Crippen LogP contribution in [-0.4, -0.2) is 35.2 Å². The molecule has 0 saturated carbocycles. The number of aromatic nitrogens is 2. The van der Waals surface area contributed by atoms with Crippen LogP contribution in [0.2, 0.25) is 0 Å². The first-order chi connectivity index (χ1) is 11.5. The van der Waals surface area contributed by atoms with E-state index in [1.165, 1.54) is 11.1 Å². The molecule has 0 unspecified atom stereocenters. The third-order valence-corrected chi connectivity index (χ3v) is 4.13. The van der Waals surface area contributed by atoms with E-state index < -0.39 is 0 Å². The van der Waals surface area contributed by atoms with Crippen molar-refractivity contribution in [2.75, 3.05) is 25.6 Å². The van der Waals surface area contributed by atoms with Crippen molar-refractivity contribution in [2.24, 2.45) is 0 Å². The molecule has 2 aromatic rings. The normalized spacial score (nSPS) is 10.7. The maximum absolute atomic E-state index is 5.36. The topological polar surface area (TPSA) is 51.1 Å². The molecule has 0 aliphatic heterocycles. The molecule has 1 aromatic heterocycles. The fraction of sp³-hybridized carbons (Fsp3) is 0.444. The van der Waals surface area contributed by atoms with Gasteiger partial charge in [0, 0.05) is 20.3 Å². The summed E-state index contributed by atoms with van der Waals surface area (Å²) in [6.07, 6.45) is 0.920. The minimum absolute atomic E-state index is 0.618. The number of benzene rings is 1. The molecule has 2 N–H and O–H groups in total. The van der Waals surface area contributed by atoms with E-state index in [-0.39, 0.29) is 0 Å². The summed E-state index contributed by atoms with van der Waals surface area (Å²) >= 11 is 5.36. The van der Waals surface area contributed by atoms with Crippen molar-refractivity contribution in [3.8, 4) is 0 Å². The van der Waals surface area contributed by atoms with E-state index in [1.807, 2.05) is 11.6 Å². The Hall–Kier alpha value is -1.92. The summed E-state index contributed by atoms with van der Waals surface area (Å²) in [4.78, 5) is 0. The highest BCUT2D eigenvalue weighted by atomic mass is 32.1. The fourth-order valence-electron chi connectivity index (χ4n) is 2.47. The summed E-state index contributed by atoms with van der Waals surface area (Å²) in [6, 6.07) is 8.53. The molecule has 24 heavy (non-hydrogen) atoms. The van der Waals surface area contributed by atoms with Gasteiger partial charge in [-0.25, -0.2) is 0 Å². The van der Waals surface area contributed by atoms with E-state index in [4.69, 9.17) is 17.0 Å². The van der Waals surface area contributed by atoms with Gasteiger partial charge in [0.05, 0.1) is 23.6 Å². The zero-order valence-electron chi connectivity index (χ0n) is 14.8. The van der Waals surface area contributed by atoms with Crippen LogP contribution in [0.1, 0.15) is 28.9 Å². The lowest BCUT2D eigenvalue weighted by atomic mass is 10.1. The first-order valence-corrected chi connectivity index (χ1v) is 8.55. The third kappa shape index (κ3) is 5.04. The van der Waals surface area contributed by atoms with Crippen molar-refractivity contribution in [3.63, 3.8) is 0 Å². The maximum atomic E-state index is 5.36. The first kappa shape index (κ1) is 18.4. The van der Waals surface area contributed by atoms with Crippen LogP contribution in [0.5, 0.6) is 0 Å². The van der Waals surface area contributed by atoms with Crippen molar-refractivity contribution >= 4 is 23.0 Å². The Balaban J connectivity index is 2.00. The minimum Gasteiger partial charge on any atom is -0.385 e. The van der Waals surface area contributed by atoms with Gasteiger partial charge in [-0.2, -0.15) is 5.10 Å². The second kappa shape index (κ2) is 8.80. The summed E-state index contributed by atoms with van der Waals surface area (Å²) in [5, 5.41) is 11.7. The SMILES string of the molecule is COCCCNC(=S)Nc1c(C)nn(Cc2ccc(C)cc2)c1C. The quantitative estimate of drug-likeness (QED) is 0.596. The van der Waals surface area contributed by atoms with Gasteiger partial charge >= 0.3 is 0 Å². The number of thiocarbonyl (C=S) groups is 1. The molecular formula is C18H26N4OS. The lowest BCUT2D eigenvalue weighted by Gasteiger charge is -2.11. The second-order valence-corrected chi connectivity index (χ2v) is 6.32. The number of anilines is 1. The highest BCUT2D eigenvalue weighted by Gasteiger charge is 2.12. The number of nitrogens with one attached hydrogen (secondary N) is 2. The zero-order valence-corrected chi connectivity index (χ0v) is 15.7. The molecule has 2 rings (SSSR count). The van der Waals surface area contributed by atoms with Crippen LogP contribution >= 0.6 is 12.2 Å². The largest absolute Gasteiger partial charge is 0.385 e. The number of methoxy groups -OCH3 is 1. The molecule has 0 spiro atoms. The Morgan fingerprint density at radius 2 is 1.92 bits per heavy atom. The highest BCUT2D eigenvalue weighted by molar-refractivity contribution is 7.80. The predicted octanol–water partition coefficient (Wildman–Crippen LogP) is 3.18. The number of aryl methyl sites for hydroxylation is 2. The molecule has 6 heteroatoms. The van der Waals surface area contributed by atoms with Crippen molar-refractivity contribution in [2.45, 2.75) is 33.7 Å². The molecule has 0 radical (unpaired) electrons. The van der Waals surface area contributed by atoms with Crippen LogP contribution < -0.4 is 10.6 Å². The van der Waals surface area contributed by atoms with Crippen molar-refractivity contribution in [1.82, 2.24) is 15.1 Å².